The predicted molar refractivity (Wildman–Crippen MR) is 126 cm³/mol. The molecule has 12 heteroatoms. The number of nitrogens with one attached hydrogen (secondary N) is 2. The first-order valence-corrected chi connectivity index (χ1v) is 10.6. The Labute approximate surface area is 205 Å². The number of carbonyl (C=O) groups is 1. The van der Waals surface area contributed by atoms with Gasteiger partial charge < -0.3 is 14.5 Å². The molecule has 1 aromatic heterocycles. The van der Waals surface area contributed by atoms with E-state index in [-0.39, 0.29) is 5.89 Å². The number of benzene rings is 3. The second kappa shape index (κ2) is 9.51. The predicted octanol–water partition coefficient (Wildman–Crippen LogP) is 6.15. The van der Waals surface area contributed by atoms with Gasteiger partial charge in [-0.1, -0.05) is 17.7 Å². The van der Waals surface area contributed by atoms with Crippen LogP contribution < -0.4 is 15.4 Å². The molecule has 1 heterocycles. The van der Waals surface area contributed by atoms with Crippen LogP contribution in [0.2, 0.25) is 5.02 Å². The van der Waals surface area contributed by atoms with E-state index in [1.807, 2.05) is 24.4 Å². The van der Waals surface area contributed by atoms with Crippen molar-refractivity contribution in [2.75, 3.05) is 12.4 Å². The fourth-order valence-corrected chi connectivity index (χ4v) is 3.65. The van der Waals surface area contributed by atoms with Crippen LogP contribution in [0.1, 0.15) is 15.9 Å². The van der Waals surface area contributed by atoms with Crippen molar-refractivity contribution in [2.45, 2.75) is 6.92 Å². The highest BCUT2D eigenvalue weighted by Crippen LogP contribution is 2.33. The molecule has 35 heavy (non-hydrogen) atoms. The number of ether oxygens (including phenoxy) is 1. The summed E-state index contributed by atoms with van der Waals surface area (Å²) in [4.78, 5) is 16.7. The third kappa shape index (κ3) is 4.64. The topological polar surface area (TPSA) is 76.4 Å². The Morgan fingerprint density at radius 2 is 1.74 bits per heavy atom. The average molecular weight is 524 g/mol. The number of anilines is 1. The van der Waals surface area contributed by atoms with Crippen molar-refractivity contribution >= 4 is 51.6 Å². The number of aryl methyl sites for hydroxylation is 1. The molecular formula is C23H14ClF4N3O3S. The van der Waals surface area contributed by atoms with Crippen molar-refractivity contribution in [1.29, 1.82) is 0 Å². The number of hydrogen-bond donors (Lipinski definition) is 2. The van der Waals surface area contributed by atoms with E-state index in [1.165, 1.54) is 18.2 Å². The molecule has 0 saturated carbocycles. The van der Waals surface area contributed by atoms with Gasteiger partial charge in [0.1, 0.15) is 11.1 Å². The molecular weight excluding hydrogens is 510 g/mol. The normalized spacial score (nSPS) is 10.9. The Balaban J connectivity index is 1.57. The van der Waals surface area contributed by atoms with Crippen molar-refractivity contribution in [2.24, 2.45) is 0 Å². The van der Waals surface area contributed by atoms with Crippen LogP contribution in [0.25, 0.3) is 22.6 Å². The van der Waals surface area contributed by atoms with Gasteiger partial charge in [0.05, 0.1) is 17.7 Å². The molecule has 4 aromatic rings. The SMILES string of the molecule is COc1c(F)c(F)c(C(=O)NC(=S)Nc2ccc(Cl)c(-c3nc4cc(C)ccc4o3)c2)c(F)c1F. The third-order valence-corrected chi connectivity index (χ3v) is 5.41. The Morgan fingerprint density at radius 1 is 1.06 bits per heavy atom. The molecule has 0 aliphatic carbocycles. The van der Waals surface area contributed by atoms with Crippen molar-refractivity contribution < 1.29 is 31.5 Å². The monoisotopic (exact) mass is 523 g/mol. The van der Waals surface area contributed by atoms with Gasteiger partial charge in [0.15, 0.2) is 28.1 Å². The maximum atomic E-state index is 14.2. The minimum atomic E-state index is -1.93. The lowest BCUT2D eigenvalue weighted by Gasteiger charge is -2.13. The standard InChI is InChI=1S/C23H14ClF4N3O3S/c1-9-3-6-14-13(7-9)30-22(34-14)11-8-10(4-5-12(11)24)29-23(35)31-21(32)15-16(25)18(27)20(33-2)19(28)17(15)26/h3-8H,1-2H3,(H2,29,31,32,35). The second-order valence-electron chi connectivity index (χ2n) is 7.26. The van der Waals surface area contributed by atoms with E-state index in [1.54, 1.807) is 6.07 Å². The summed E-state index contributed by atoms with van der Waals surface area (Å²) < 4.78 is 66.3. The summed E-state index contributed by atoms with van der Waals surface area (Å²) >= 11 is 11.3. The number of oxazole rings is 1. The number of aromatic nitrogens is 1. The smallest absolute Gasteiger partial charge is 0.263 e. The summed E-state index contributed by atoms with van der Waals surface area (Å²) in [6.45, 7) is 1.91. The van der Waals surface area contributed by atoms with Crippen LogP contribution in [0.5, 0.6) is 5.75 Å². The molecule has 0 atom stereocenters. The van der Waals surface area contributed by atoms with E-state index in [4.69, 9.17) is 28.2 Å². The largest absolute Gasteiger partial charge is 0.491 e. The van der Waals surface area contributed by atoms with Crippen molar-refractivity contribution in [3.8, 4) is 17.2 Å². The summed E-state index contributed by atoms with van der Waals surface area (Å²) in [6.07, 6.45) is 0. The number of nitrogens with zero attached hydrogens (tertiary/aromatic N) is 1. The number of fused-ring (bicyclic) bond motifs is 1. The highest BCUT2D eigenvalue weighted by molar-refractivity contribution is 7.80. The number of thiocarbonyl (C=S) groups is 1. The molecule has 6 nitrogen and oxygen atoms in total. The molecule has 0 spiro atoms. The first-order valence-electron chi connectivity index (χ1n) is 9.80. The Bertz CT molecular complexity index is 1480. The summed E-state index contributed by atoms with van der Waals surface area (Å²) in [7, 11) is 0.821. The van der Waals surface area contributed by atoms with Crippen LogP contribution in [-0.4, -0.2) is 23.1 Å². The van der Waals surface area contributed by atoms with Crippen LogP contribution in [0, 0.1) is 30.2 Å². The van der Waals surface area contributed by atoms with Gasteiger partial charge in [-0.2, -0.15) is 8.78 Å². The van der Waals surface area contributed by atoms with Gasteiger partial charge in [-0.15, -0.1) is 0 Å². The van der Waals surface area contributed by atoms with Crippen molar-refractivity contribution in [3.63, 3.8) is 0 Å². The maximum absolute atomic E-state index is 14.2. The molecule has 0 bridgehead atoms. The Kier molecular flexibility index (Phi) is 6.64. The summed E-state index contributed by atoms with van der Waals surface area (Å²) in [5, 5.41) is 4.50. The minimum Gasteiger partial charge on any atom is -0.491 e. The van der Waals surface area contributed by atoms with E-state index >= 15 is 0 Å². The van der Waals surface area contributed by atoms with Gasteiger partial charge in [-0.25, -0.2) is 13.8 Å². The van der Waals surface area contributed by atoms with Gasteiger partial charge in [0.2, 0.25) is 17.5 Å². The van der Waals surface area contributed by atoms with Crippen LogP contribution in [0.15, 0.2) is 40.8 Å². The minimum absolute atomic E-state index is 0.225. The molecule has 2 N–H and O–H groups in total. The highest BCUT2D eigenvalue weighted by atomic mass is 35.5. The summed E-state index contributed by atoms with van der Waals surface area (Å²) in [5.41, 5.74) is 1.37. The molecule has 4 rings (SSSR count). The fraction of sp³-hybridized carbons (Fsp3) is 0.0870. The van der Waals surface area contributed by atoms with E-state index in [0.29, 0.717) is 27.4 Å². The van der Waals surface area contributed by atoms with E-state index < -0.39 is 45.6 Å². The molecule has 0 radical (unpaired) electrons. The molecule has 180 valence electrons. The number of halogens is 5. The molecule has 0 aliphatic rings. The molecule has 0 saturated heterocycles. The van der Waals surface area contributed by atoms with Gasteiger partial charge in [-0.3, -0.25) is 10.1 Å². The second-order valence-corrected chi connectivity index (χ2v) is 8.07. The fourth-order valence-electron chi connectivity index (χ4n) is 3.24. The van der Waals surface area contributed by atoms with Crippen LogP contribution in [0.3, 0.4) is 0 Å². The van der Waals surface area contributed by atoms with Crippen LogP contribution in [-0.2, 0) is 0 Å². The van der Waals surface area contributed by atoms with Gasteiger partial charge in [0.25, 0.3) is 5.91 Å². The third-order valence-electron chi connectivity index (χ3n) is 4.88. The lowest BCUT2D eigenvalue weighted by molar-refractivity contribution is 0.0966. The van der Waals surface area contributed by atoms with E-state index in [2.05, 4.69) is 15.0 Å². The van der Waals surface area contributed by atoms with E-state index in [9.17, 15) is 22.4 Å². The van der Waals surface area contributed by atoms with E-state index in [0.717, 1.165) is 12.7 Å². The van der Waals surface area contributed by atoms with Gasteiger partial charge >= 0.3 is 0 Å². The Hall–Kier alpha value is -3.70. The van der Waals surface area contributed by atoms with Crippen molar-refractivity contribution in [3.05, 3.63) is 75.8 Å². The maximum Gasteiger partial charge on any atom is 0.263 e. The number of methoxy groups -OCH3 is 1. The zero-order chi connectivity index (χ0) is 25.4. The lowest BCUT2D eigenvalue weighted by Crippen LogP contribution is -2.35. The molecule has 0 unspecified atom stereocenters. The number of hydrogen-bond acceptors (Lipinski definition) is 5. The van der Waals surface area contributed by atoms with Crippen LogP contribution in [0.4, 0.5) is 23.2 Å². The van der Waals surface area contributed by atoms with Crippen molar-refractivity contribution in [1.82, 2.24) is 10.3 Å². The molecule has 1 amide bonds. The number of amides is 1. The molecule has 3 aromatic carbocycles. The first-order chi connectivity index (χ1) is 16.6. The van der Waals surface area contributed by atoms with Gasteiger partial charge in [-0.05, 0) is 55.0 Å². The van der Waals surface area contributed by atoms with Gasteiger partial charge in [0, 0.05) is 5.69 Å². The molecule has 0 fully saturated rings. The number of rotatable bonds is 4. The lowest BCUT2D eigenvalue weighted by atomic mass is 10.1. The quantitative estimate of drug-likeness (QED) is 0.190. The summed E-state index contributed by atoms with van der Waals surface area (Å²) in [5.74, 6) is -10.1. The van der Waals surface area contributed by atoms with Crippen LogP contribution >= 0.6 is 23.8 Å². The molecule has 0 aliphatic heterocycles. The number of carbonyl (C=O) groups excluding carboxylic acids is 1. The summed E-state index contributed by atoms with van der Waals surface area (Å²) in [6, 6.07) is 10.0. The first kappa shape index (κ1) is 24.4. The Morgan fingerprint density at radius 3 is 2.40 bits per heavy atom. The average Bonchev–Trinajstić information content (AvgIpc) is 3.22. The zero-order valence-corrected chi connectivity index (χ0v) is 19.5. The zero-order valence-electron chi connectivity index (χ0n) is 17.9. The highest BCUT2D eigenvalue weighted by Gasteiger charge is 2.30.